The fourth-order valence-electron chi connectivity index (χ4n) is 4.12. The summed E-state index contributed by atoms with van der Waals surface area (Å²) in [5.41, 5.74) is 3.56. The van der Waals surface area contributed by atoms with Crippen LogP contribution < -0.4 is 0 Å². The molecule has 1 aliphatic heterocycles. The summed E-state index contributed by atoms with van der Waals surface area (Å²) < 4.78 is 39.5. The minimum absolute atomic E-state index is 0.0483. The molecule has 1 saturated heterocycles. The first-order valence-electron chi connectivity index (χ1n) is 10.3. The van der Waals surface area contributed by atoms with Crippen molar-refractivity contribution in [2.45, 2.75) is 50.5 Å². The van der Waals surface area contributed by atoms with E-state index in [1.54, 1.807) is 0 Å². The molecule has 0 spiro atoms. The van der Waals surface area contributed by atoms with Crippen LogP contribution in [0, 0.1) is 19.7 Å². The van der Waals surface area contributed by atoms with Crippen molar-refractivity contribution in [3.8, 4) is 0 Å². The van der Waals surface area contributed by atoms with Crippen molar-refractivity contribution in [3.63, 3.8) is 0 Å². The minimum atomic E-state index is -3.69. The summed E-state index contributed by atoms with van der Waals surface area (Å²) in [5.74, 6) is -0.421. The van der Waals surface area contributed by atoms with E-state index in [1.807, 2.05) is 4.90 Å². The summed E-state index contributed by atoms with van der Waals surface area (Å²) >= 11 is 0. The van der Waals surface area contributed by atoms with Crippen molar-refractivity contribution in [2.75, 3.05) is 20.1 Å². The van der Waals surface area contributed by atoms with Crippen molar-refractivity contribution in [2.24, 2.45) is 0 Å². The van der Waals surface area contributed by atoms with Crippen LogP contribution in [0.2, 0.25) is 0 Å². The molecule has 1 unspecified atom stereocenters. The van der Waals surface area contributed by atoms with E-state index in [-0.39, 0.29) is 23.4 Å². The quantitative estimate of drug-likeness (QED) is 0.659. The van der Waals surface area contributed by atoms with Gasteiger partial charge in [-0.1, -0.05) is 29.3 Å². The van der Waals surface area contributed by atoms with E-state index in [1.165, 1.54) is 40.2 Å². The average Bonchev–Trinajstić information content (AvgIpc) is 3.17. The lowest BCUT2D eigenvalue weighted by atomic mass is 9.99. The van der Waals surface area contributed by atoms with Gasteiger partial charge in [-0.25, -0.2) is 17.1 Å². The predicted molar refractivity (Wildman–Crippen MR) is 115 cm³/mol. The van der Waals surface area contributed by atoms with Gasteiger partial charge in [0.15, 0.2) is 0 Å². The highest BCUT2D eigenvalue weighted by Gasteiger charge is 2.30. The Hall–Kier alpha value is -2.25. The number of hydrogen-bond donors (Lipinski definition) is 0. The number of sulfonamides is 1. The number of nitrogens with zero attached hydrogens (tertiary/aromatic N) is 2. The topological polar surface area (TPSA) is 57.7 Å². The van der Waals surface area contributed by atoms with Gasteiger partial charge in [0.25, 0.3) is 0 Å². The Morgan fingerprint density at radius 2 is 1.77 bits per heavy atom. The fraction of sp³-hybridized carbons (Fsp3) is 0.435. The van der Waals surface area contributed by atoms with E-state index in [9.17, 15) is 17.6 Å². The summed E-state index contributed by atoms with van der Waals surface area (Å²) in [4.78, 5) is 14.8. The maximum absolute atomic E-state index is 13.1. The maximum Gasteiger partial charge on any atom is 0.242 e. The van der Waals surface area contributed by atoms with E-state index < -0.39 is 15.8 Å². The standard InChI is InChI=1S/C23H29FN2O3S/c1-17-14-18(2)16-19(15-17)22-6-4-13-26(22)23(27)7-5-12-25(3)30(28,29)21-10-8-20(24)9-11-21/h8-11,14-16,22H,4-7,12-13H2,1-3H3. The summed E-state index contributed by atoms with van der Waals surface area (Å²) in [6.45, 7) is 5.09. The monoisotopic (exact) mass is 432 g/mol. The van der Waals surface area contributed by atoms with Crippen LogP contribution >= 0.6 is 0 Å². The SMILES string of the molecule is Cc1cc(C)cc(C2CCCN2C(=O)CCCN(C)S(=O)(=O)c2ccc(F)cc2)c1. The zero-order chi connectivity index (χ0) is 21.9. The average molecular weight is 433 g/mol. The van der Waals surface area contributed by atoms with E-state index in [0.717, 1.165) is 31.5 Å². The van der Waals surface area contributed by atoms with Gasteiger partial charge in [0, 0.05) is 26.6 Å². The van der Waals surface area contributed by atoms with Gasteiger partial charge in [0.05, 0.1) is 10.9 Å². The van der Waals surface area contributed by atoms with Crippen LogP contribution in [0.15, 0.2) is 47.4 Å². The third-order valence-electron chi connectivity index (χ3n) is 5.59. The number of likely N-dealkylation sites (tertiary alicyclic amines) is 1. The highest BCUT2D eigenvalue weighted by atomic mass is 32.2. The number of halogens is 1. The molecule has 0 radical (unpaired) electrons. The number of carbonyl (C=O) groups excluding carboxylic acids is 1. The molecule has 2 aromatic carbocycles. The maximum atomic E-state index is 13.1. The molecule has 1 heterocycles. The van der Waals surface area contributed by atoms with E-state index in [0.29, 0.717) is 12.8 Å². The minimum Gasteiger partial charge on any atom is -0.336 e. The van der Waals surface area contributed by atoms with Crippen molar-refractivity contribution in [3.05, 3.63) is 65.0 Å². The molecule has 1 atom stereocenters. The Balaban J connectivity index is 1.59. The van der Waals surface area contributed by atoms with E-state index >= 15 is 0 Å². The second-order valence-electron chi connectivity index (χ2n) is 8.05. The zero-order valence-electron chi connectivity index (χ0n) is 17.8. The Morgan fingerprint density at radius 3 is 2.40 bits per heavy atom. The molecule has 162 valence electrons. The normalized spacial score (nSPS) is 17.0. The molecule has 0 aromatic heterocycles. The van der Waals surface area contributed by atoms with Gasteiger partial charge in [0.2, 0.25) is 15.9 Å². The third kappa shape index (κ3) is 5.08. The van der Waals surface area contributed by atoms with Gasteiger partial charge in [-0.05, 0) is 62.9 Å². The molecular formula is C23H29FN2O3S. The smallest absolute Gasteiger partial charge is 0.242 e. The molecule has 0 aliphatic carbocycles. The van der Waals surface area contributed by atoms with Crippen molar-refractivity contribution in [1.29, 1.82) is 0 Å². The molecule has 3 rings (SSSR count). The molecule has 0 saturated carbocycles. The summed E-state index contributed by atoms with van der Waals surface area (Å²) in [7, 11) is -2.21. The number of rotatable bonds is 7. The van der Waals surface area contributed by atoms with Crippen LogP contribution in [0.5, 0.6) is 0 Å². The van der Waals surface area contributed by atoms with Gasteiger partial charge in [-0.2, -0.15) is 0 Å². The van der Waals surface area contributed by atoms with Gasteiger partial charge < -0.3 is 4.90 Å². The molecule has 30 heavy (non-hydrogen) atoms. The number of carbonyl (C=O) groups is 1. The molecule has 1 amide bonds. The molecule has 5 nitrogen and oxygen atoms in total. The summed E-state index contributed by atoms with van der Waals surface area (Å²) in [6.07, 6.45) is 2.66. The first-order chi connectivity index (χ1) is 14.2. The second-order valence-corrected chi connectivity index (χ2v) is 10.1. The van der Waals surface area contributed by atoms with Crippen LogP contribution in [-0.4, -0.2) is 43.7 Å². The lowest BCUT2D eigenvalue weighted by molar-refractivity contribution is -0.132. The Kier molecular flexibility index (Phi) is 6.93. The fourth-order valence-corrected chi connectivity index (χ4v) is 5.33. The molecule has 0 N–H and O–H groups in total. The Morgan fingerprint density at radius 1 is 1.13 bits per heavy atom. The zero-order valence-corrected chi connectivity index (χ0v) is 18.6. The summed E-state index contributed by atoms with van der Waals surface area (Å²) in [5, 5.41) is 0. The van der Waals surface area contributed by atoms with Crippen LogP contribution in [0.25, 0.3) is 0 Å². The highest BCUT2D eigenvalue weighted by molar-refractivity contribution is 7.89. The number of aryl methyl sites for hydroxylation is 2. The molecule has 7 heteroatoms. The lowest BCUT2D eigenvalue weighted by Gasteiger charge is -2.26. The Labute approximate surface area is 178 Å². The molecule has 0 bridgehead atoms. The number of hydrogen-bond acceptors (Lipinski definition) is 3. The van der Waals surface area contributed by atoms with Crippen molar-refractivity contribution in [1.82, 2.24) is 9.21 Å². The van der Waals surface area contributed by atoms with Gasteiger partial charge in [0.1, 0.15) is 5.82 Å². The number of amides is 1. The van der Waals surface area contributed by atoms with Crippen LogP contribution in [0.4, 0.5) is 4.39 Å². The first-order valence-corrected chi connectivity index (χ1v) is 11.7. The van der Waals surface area contributed by atoms with Gasteiger partial charge in [-0.15, -0.1) is 0 Å². The van der Waals surface area contributed by atoms with Crippen molar-refractivity contribution >= 4 is 15.9 Å². The van der Waals surface area contributed by atoms with Crippen LogP contribution in [0.3, 0.4) is 0 Å². The van der Waals surface area contributed by atoms with Crippen LogP contribution in [0.1, 0.15) is 48.4 Å². The van der Waals surface area contributed by atoms with E-state index in [2.05, 4.69) is 32.0 Å². The van der Waals surface area contributed by atoms with E-state index in [4.69, 9.17) is 0 Å². The summed E-state index contributed by atoms with van der Waals surface area (Å²) in [6, 6.07) is 11.3. The lowest BCUT2D eigenvalue weighted by Crippen LogP contribution is -2.32. The van der Waals surface area contributed by atoms with Gasteiger partial charge >= 0.3 is 0 Å². The predicted octanol–water partition coefficient (Wildman–Crippen LogP) is 4.21. The highest BCUT2D eigenvalue weighted by Crippen LogP contribution is 2.33. The molecular weight excluding hydrogens is 403 g/mol. The molecule has 1 aliphatic rings. The van der Waals surface area contributed by atoms with Crippen molar-refractivity contribution < 1.29 is 17.6 Å². The van der Waals surface area contributed by atoms with Gasteiger partial charge in [-0.3, -0.25) is 4.79 Å². The van der Waals surface area contributed by atoms with Crippen LogP contribution in [-0.2, 0) is 14.8 Å². The first kappa shape index (κ1) is 22.4. The third-order valence-corrected chi connectivity index (χ3v) is 7.46. The largest absolute Gasteiger partial charge is 0.336 e. The Bertz CT molecular complexity index is 985. The molecule has 1 fully saturated rings. The molecule has 2 aromatic rings. The second kappa shape index (κ2) is 9.27. The number of benzene rings is 2.